The van der Waals surface area contributed by atoms with Gasteiger partial charge in [0.2, 0.25) is 0 Å². The minimum atomic E-state index is -0.941. The van der Waals surface area contributed by atoms with Crippen LogP contribution < -0.4 is 5.32 Å². The number of rotatable bonds is 9. The largest absolute Gasteiger partial charge is 0.438 e. The maximum atomic E-state index is 12.9. The molecule has 1 saturated heterocycles. The fourth-order valence-electron chi connectivity index (χ4n) is 4.04. The molecule has 0 spiro atoms. The summed E-state index contributed by atoms with van der Waals surface area (Å²) < 4.78 is 11.2. The van der Waals surface area contributed by atoms with Crippen molar-refractivity contribution in [3.63, 3.8) is 0 Å². The van der Waals surface area contributed by atoms with E-state index in [-0.39, 0.29) is 17.9 Å². The number of ether oxygens (including phenoxy) is 2. The van der Waals surface area contributed by atoms with Gasteiger partial charge in [-0.15, -0.1) is 5.10 Å². The summed E-state index contributed by atoms with van der Waals surface area (Å²) in [5, 5.41) is 9.11. The molecule has 3 aliphatic rings. The molecule has 3 rings (SSSR count). The second-order valence-electron chi connectivity index (χ2n) is 9.02. The van der Waals surface area contributed by atoms with Gasteiger partial charge < -0.3 is 14.8 Å². The van der Waals surface area contributed by atoms with E-state index >= 15 is 0 Å². The van der Waals surface area contributed by atoms with Gasteiger partial charge in [0, 0.05) is 31.3 Å². The molecule has 8 nitrogen and oxygen atoms in total. The average Bonchev–Trinajstić information content (AvgIpc) is 3.21. The maximum absolute atomic E-state index is 12.9. The summed E-state index contributed by atoms with van der Waals surface area (Å²) in [5.41, 5.74) is 0. The van der Waals surface area contributed by atoms with Crippen molar-refractivity contribution in [1.29, 1.82) is 0 Å². The molecule has 0 bridgehead atoms. The van der Waals surface area contributed by atoms with Crippen LogP contribution in [0, 0.1) is 5.92 Å². The number of morpholine rings is 1. The molecule has 1 N–H and O–H groups in total. The third kappa shape index (κ3) is 7.95. The van der Waals surface area contributed by atoms with E-state index < -0.39 is 6.23 Å². The Bertz CT molecular complexity index is 619. The number of hydrogen-bond donors (Lipinski definition) is 1. The zero-order chi connectivity index (χ0) is 22.1. The van der Waals surface area contributed by atoms with Crippen molar-refractivity contribution in [1.82, 2.24) is 15.2 Å². The summed E-state index contributed by atoms with van der Waals surface area (Å²) in [4.78, 5) is 28.1. The SMILES string of the molecule is CC(C)CCC(=O)C1OC(SCCCN2CCOCC2)=NN1C(=O)NC1CCCCC1. The molecule has 0 aromatic heterocycles. The van der Waals surface area contributed by atoms with Gasteiger partial charge in [-0.1, -0.05) is 44.9 Å². The number of ketones is 1. The second-order valence-corrected chi connectivity index (χ2v) is 10.1. The van der Waals surface area contributed by atoms with Crippen molar-refractivity contribution in [2.75, 3.05) is 38.6 Å². The Kier molecular flexibility index (Phi) is 9.93. The fourth-order valence-corrected chi connectivity index (χ4v) is 4.79. The zero-order valence-corrected chi connectivity index (χ0v) is 19.8. The molecule has 1 atom stereocenters. The Hall–Kier alpha value is -1.32. The van der Waals surface area contributed by atoms with Crippen molar-refractivity contribution in [3.05, 3.63) is 0 Å². The Morgan fingerprint density at radius 2 is 1.94 bits per heavy atom. The van der Waals surface area contributed by atoms with E-state index in [9.17, 15) is 9.59 Å². The van der Waals surface area contributed by atoms with Crippen LogP contribution in [0.3, 0.4) is 0 Å². The number of thioether (sulfide) groups is 1. The number of nitrogens with zero attached hydrogens (tertiary/aromatic N) is 3. The average molecular weight is 455 g/mol. The zero-order valence-electron chi connectivity index (χ0n) is 19.0. The van der Waals surface area contributed by atoms with Crippen molar-refractivity contribution in [3.8, 4) is 0 Å². The molecular formula is C22H38N4O4S. The van der Waals surface area contributed by atoms with Crippen LogP contribution in [0.1, 0.15) is 65.2 Å². The Balaban J connectivity index is 1.52. The highest BCUT2D eigenvalue weighted by atomic mass is 32.2. The summed E-state index contributed by atoms with van der Waals surface area (Å²) in [6, 6.07) is -0.160. The van der Waals surface area contributed by atoms with Crippen molar-refractivity contribution < 1.29 is 19.1 Å². The molecule has 1 unspecified atom stereocenters. The van der Waals surface area contributed by atoms with Crippen LogP contribution in [-0.4, -0.2) is 77.8 Å². The highest BCUT2D eigenvalue weighted by Crippen LogP contribution is 2.24. The minimum absolute atomic E-state index is 0.0832. The van der Waals surface area contributed by atoms with Crippen LogP contribution in [0.4, 0.5) is 4.79 Å². The van der Waals surface area contributed by atoms with E-state index in [2.05, 4.69) is 29.2 Å². The summed E-state index contributed by atoms with van der Waals surface area (Å²) >= 11 is 1.48. The predicted octanol–water partition coefficient (Wildman–Crippen LogP) is 3.42. The lowest BCUT2D eigenvalue weighted by atomic mass is 9.96. The lowest BCUT2D eigenvalue weighted by Gasteiger charge is -2.26. The third-order valence-corrected chi connectivity index (χ3v) is 6.87. The lowest BCUT2D eigenvalue weighted by Crippen LogP contribution is -2.48. The van der Waals surface area contributed by atoms with Gasteiger partial charge in [-0.25, -0.2) is 4.79 Å². The number of carbonyl (C=O) groups is 2. The Labute approximate surface area is 190 Å². The number of hydrazone groups is 1. The Morgan fingerprint density at radius 3 is 2.65 bits per heavy atom. The van der Waals surface area contributed by atoms with Crippen molar-refractivity contribution in [2.24, 2.45) is 11.0 Å². The molecule has 0 aromatic rings. The first-order chi connectivity index (χ1) is 15.0. The topological polar surface area (TPSA) is 83.5 Å². The molecule has 2 aliphatic heterocycles. The molecule has 2 fully saturated rings. The Morgan fingerprint density at radius 1 is 1.19 bits per heavy atom. The van der Waals surface area contributed by atoms with E-state index in [1.54, 1.807) is 0 Å². The van der Waals surface area contributed by atoms with E-state index in [1.165, 1.54) is 23.2 Å². The maximum Gasteiger partial charge on any atom is 0.341 e. The quantitative estimate of drug-likeness (QED) is 0.538. The number of amides is 2. The van der Waals surface area contributed by atoms with Crippen LogP contribution in [0.25, 0.3) is 0 Å². The predicted molar refractivity (Wildman–Crippen MR) is 123 cm³/mol. The van der Waals surface area contributed by atoms with Gasteiger partial charge >= 0.3 is 6.03 Å². The number of carbonyl (C=O) groups excluding carboxylic acids is 2. The standard InChI is InChI=1S/C22H38N4O4S/c1-17(2)9-10-19(27)20-26(21(28)23-18-7-4-3-5-8-18)24-22(30-20)31-16-6-11-25-12-14-29-15-13-25/h17-18,20H,3-16H2,1-2H3,(H,23,28). The molecule has 0 radical (unpaired) electrons. The summed E-state index contributed by atoms with van der Waals surface area (Å²) in [6.07, 6.45) is 6.67. The van der Waals surface area contributed by atoms with E-state index in [0.717, 1.165) is 77.1 Å². The van der Waals surface area contributed by atoms with Gasteiger partial charge in [-0.05, 0) is 38.1 Å². The smallest absolute Gasteiger partial charge is 0.341 e. The fraction of sp³-hybridized carbons (Fsp3) is 0.864. The normalized spacial score (nSPS) is 23.0. The van der Waals surface area contributed by atoms with Crippen molar-refractivity contribution in [2.45, 2.75) is 77.5 Å². The summed E-state index contributed by atoms with van der Waals surface area (Å²) in [6.45, 7) is 8.73. The number of urea groups is 1. The first-order valence-electron chi connectivity index (χ1n) is 11.8. The van der Waals surface area contributed by atoms with Gasteiger partial charge in [-0.3, -0.25) is 9.69 Å². The molecule has 1 aliphatic carbocycles. The second kappa shape index (κ2) is 12.6. The van der Waals surface area contributed by atoms with E-state index in [0.29, 0.717) is 17.6 Å². The number of Topliss-reactive ketones (excluding diaryl/α,β-unsaturated/α-hetero) is 1. The molecule has 2 amide bonds. The van der Waals surface area contributed by atoms with E-state index in [4.69, 9.17) is 9.47 Å². The first-order valence-corrected chi connectivity index (χ1v) is 12.8. The van der Waals surface area contributed by atoms with Gasteiger partial charge in [0.05, 0.1) is 13.2 Å². The van der Waals surface area contributed by atoms with Crippen LogP contribution in [-0.2, 0) is 14.3 Å². The van der Waals surface area contributed by atoms with Crippen LogP contribution >= 0.6 is 11.8 Å². The molecule has 9 heteroatoms. The van der Waals surface area contributed by atoms with Gasteiger partial charge in [-0.2, -0.15) is 5.01 Å². The highest BCUT2D eigenvalue weighted by Gasteiger charge is 2.38. The lowest BCUT2D eigenvalue weighted by molar-refractivity contribution is -0.131. The molecular weight excluding hydrogens is 416 g/mol. The number of nitrogens with one attached hydrogen (secondary N) is 1. The van der Waals surface area contributed by atoms with Crippen LogP contribution in [0.15, 0.2) is 5.10 Å². The molecule has 1 saturated carbocycles. The molecule has 176 valence electrons. The molecule has 0 aromatic carbocycles. The molecule has 31 heavy (non-hydrogen) atoms. The summed E-state index contributed by atoms with van der Waals surface area (Å²) in [5.74, 6) is 1.17. The third-order valence-electron chi connectivity index (χ3n) is 5.96. The van der Waals surface area contributed by atoms with Crippen LogP contribution in [0.2, 0.25) is 0 Å². The van der Waals surface area contributed by atoms with Gasteiger partial charge in [0.15, 0.2) is 5.78 Å². The minimum Gasteiger partial charge on any atom is -0.438 e. The first kappa shape index (κ1) is 24.3. The number of hydrogen-bond acceptors (Lipinski definition) is 7. The van der Waals surface area contributed by atoms with Crippen molar-refractivity contribution >= 4 is 28.8 Å². The molecule has 2 heterocycles. The van der Waals surface area contributed by atoms with Gasteiger partial charge in [0.1, 0.15) is 0 Å². The highest BCUT2D eigenvalue weighted by molar-refractivity contribution is 8.13. The van der Waals surface area contributed by atoms with Gasteiger partial charge in [0.25, 0.3) is 11.5 Å². The monoisotopic (exact) mass is 454 g/mol. The summed E-state index contributed by atoms with van der Waals surface area (Å²) in [7, 11) is 0. The van der Waals surface area contributed by atoms with Crippen LogP contribution in [0.5, 0.6) is 0 Å². The van der Waals surface area contributed by atoms with E-state index in [1.807, 2.05) is 0 Å².